The number of hydrogen-bond donors (Lipinski definition) is 3. The highest BCUT2D eigenvalue weighted by Gasteiger charge is 2.45. The predicted molar refractivity (Wildman–Crippen MR) is 72.2 cm³/mol. The van der Waals surface area contributed by atoms with Crippen molar-refractivity contribution < 1.29 is 19.7 Å². The first-order valence-corrected chi connectivity index (χ1v) is 6.66. The van der Waals surface area contributed by atoms with Crippen molar-refractivity contribution in [3.05, 3.63) is 12.7 Å². The molecule has 3 rings (SSSR count). The highest BCUT2D eigenvalue weighted by molar-refractivity contribution is 5.81. The summed E-state index contributed by atoms with van der Waals surface area (Å²) in [5, 5.41) is 19.8. The van der Waals surface area contributed by atoms with Crippen LogP contribution in [0.2, 0.25) is 0 Å². The quantitative estimate of drug-likeness (QED) is 0.659. The van der Waals surface area contributed by atoms with Crippen LogP contribution in [0.4, 0.5) is 5.82 Å². The van der Waals surface area contributed by atoms with E-state index in [1.807, 2.05) is 6.92 Å². The van der Waals surface area contributed by atoms with Crippen LogP contribution in [-0.4, -0.2) is 61.3 Å². The molecule has 4 N–H and O–H groups in total. The lowest BCUT2D eigenvalue weighted by atomic mass is 10.1. The number of fused-ring (bicyclic) bond motifs is 1. The summed E-state index contributed by atoms with van der Waals surface area (Å²) in [6.07, 6.45) is -0.121. The number of nitrogens with two attached hydrogens (primary N) is 1. The molecule has 2 aromatic rings. The number of hydrogen-bond acceptors (Lipinski definition) is 8. The summed E-state index contributed by atoms with van der Waals surface area (Å²) in [6, 6.07) is 0. The smallest absolute Gasteiger partial charge is 0.167 e. The topological polar surface area (TPSA) is 129 Å². The van der Waals surface area contributed by atoms with E-state index in [1.54, 1.807) is 4.57 Å². The predicted octanol–water partition coefficient (Wildman–Crippen LogP) is -0.936. The van der Waals surface area contributed by atoms with Crippen LogP contribution < -0.4 is 5.73 Å². The van der Waals surface area contributed by atoms with Gasteiger partial charge < -0.3 is 25.4 Å². The van der Waals surface area contributed by atoms with Gasteiger partial charge in [-0.3, -0.25) is 4.57 Å². The lowest BCUT2D eigenvalue weighted by Gasteiger charge is -2.19. The molecule has 0 aromatic carbocycles. The van der Waals surface area contributed by atoms with Crippen molar-refractivity contribution in [3.63, 3.8) is 0 Å². The number of nitrogens with zero attached hydrogens (tertiary/aromatic N) is 4. The van der Waals surface area contributed by atoms with Gasteiger partial charge in [-0.1, -0.05) is 0 Å². The summed E-state index contributed by atoms with van der Waals surface area (Å²) in [7, 11) is 0. The lowest BCUT2D eigenvalue weighted by Crippen LogP contribution is -2.36. The molecular formula is C12H17N5O4. The largest absolute Gasteiger partial charge is 0.394 e. The standard InChI is InChI=1S/C12H17N5O4/c1-2-20-9-6(3-18)21-12(8(9)19)17-5-16-7-10(13)14-4-15-11(7)17/h4-6,8-9,12,18-19H,2-3H2,1H3,(H2,13,14,15)/t6-,8?,9?,12-/m1/s1. The Balaban J connectivity index is 1.97. The Morgan fingerprint density at radius 1 is 1.43 bits per heavy atom. The normalized spacial score (nSPS) is 29.3. The third kappa shape index (κ3) is 2.23. The molecule has 9 nitrogen and oxygen atoms in total. The molecule has 4 atom stereocenters. The van der Waals surface area contributed by atoms with Crippen molar-refractivity contribution >= 4 is 17.0 Å². The molecule has 114 valence electrons. The van der Waals surface area contributed by atoms with E-state index in [0.717, 1.165) is 0 Å². The molecule has 1 fully saturated rings. The van der Waals surface area contributed by atoms with Crippen LogP contribution in [0.1, 0.15) is 13.2 Å². The molecule has 0 amide bonds. The van der Waals surface area contributed by atoms with Crippen LogP contribution >= 0.6 is 0 Å². The van der Waals surface area contributed by atoms with Gasteiger partial charge in [-0.2, -0.15) is 0 Å². The van der Waals surface area contributed by atoms with E-state index in [9.17, 15) is 10.2 Å². The number of aliphatic hydroxyl groups excluding tert-OH is 2. The third-order valence-corrected chi connectivity index (χ3v) is 3.51. The number of ether oxygens (including phenoxy) is 2. The van der Waals surface area contributed by atoms with Gasteiger partial charge in [0, 0.05) is 6.61 Å². The molecule has 1 aliphatic heterocycles. The number of aromatic nitrogens is 4. The molecule has 21 heavy (non-hydrogen) atoms. The maximum Gasteiger partial charge on any atom is 0.167 e. The summed E-state index contributed by atoms with van der Waals surface area (Å²) in [5.74, 6) is 0.256. The molecule has 0 aliphatic carbocycles. The zero-order valence-corrected chi connectivity index (χ0v) is 11.5. The van der Waals surface area contributed by atoms with Gasteiger partial charge in [0.1, 0.15) is 30.2 Å². The minimum atomic E-state index is -0.948. The van der Waals surface area contributed by atoms with E-state index in [4.69, 9.17) is 15.2 Å². The number of rotatable bonds is 4. The van der Waals surface area contributed by atoms with Crippen molar-refractivity contribution in [2.45, 2.75) is 31.5 Å². The second kappa shape index (κ2) is 5.53. The van der Waals surface area contributed by atoms with Crippen LogP contribution in [0.5, 0.6) is 0 Å². The zero-order valence-electron chi connectivity index (χ0n) is 11.5. The van der Waals surface area contributed by atoms with Gasteiger partial charge in [-0.05, 0) is 6.92 Å². The molecule has 1 aliphatic rings. The fraction of sp³-hybridized carbons (Fsp3) is 0.583. The summed E-state index contributed by atoms with van der Waals surface area (Å²) < 4.78 is 12.7. The molecule has 0 bridgehead atoms. The molecule has 1 saturated heterocycles. The maximum atomic E-state index is 10.4. The molecule has 0 radical (unpaired) electrons. The molecule has 0 saturated carbocycles. The van der Waals surface area contributed by atoms with Crippen molar-refractivity contribution in [1.82, 2.24) is 19.5 Å². The highest BCUT2D eigenvalue weighted by atomic mass is 16.6. The van der Waals surface area contributed by atoms with Crippen molar-refractivity contribution in [2.75, 3.05) is 18.9 Å². The number of anilines is 1. The van der Waals surface area contributed by atoms with Crippen LogP contribution in [0, 0.1) is 0 Å². The second-order valence-corrected chi connectivity index (χ2v) is 4.74. The van der Waals surface area contributed by atoms with E-state index in [-0.39, 0.29) is 12.4 Å². The monoisotopic (exact) mass is 295 g/mol. The molecule has 2 aromatic heterocycles. The van der Waals surface area contributed by atoms with Crippen LogP contribution in [0.15, 0.2) is 12.7 Å². The Morgan fingerprint density at radius 3 is 2.95 bits per heavy atom. The zero-order chi connectivity index (χ0) is 15.0. The number of aliphatic hydroxyl groups is 2. The van der Waals surface area contributed by atoms with Crippen LogP contribution in [-0.2, 0) is 9.47 Å². The summed E-state index contributed by atoms with van der Waals surface area (Å²) >= 11 is 0. The Labute approximate surface area is 120 Å². The summed E-state index contributed by atoms with van der Waals surface area (Å²) in [4.78, 5) is 12.1. The first kappa shape index (κ1) is 14.1. The van der Waals surface area contributed by atoms with Gasteiger partial charge in [-0.25, -0.2) is 15.0 Å². The summed E-state index contributed by atoms with van der Waals surface area (Å²) in [6.45, 7) is 1.98. The average Bonchev–Trinajstić information content (AvgIpc) is 3.03. The van der Waals surface area contributed by atoms with E-state index in [2.05, 4.69) is 15.0 Å². The van der Waals surface area contributed by atoms with Gasteiger partial charge in [0.25, 0.3) is 0 Å². The van der Waals surface area contributed by atoms with Crippen molar-refractivity contribution in [1.29, 1.82) is 0 Å². The van der Waals surface area contributed by atoms with Gasteiger partial charge in [0.2, 0.25) is 0 Å². The van der Waals surface area contributed by atoms with E-state index in [1.165, 1.54) is 12.7 Å². The van der Waals surface area contributed by atoms with Gasteiger partial charge >= 0.3 is 0 Å². The second-order valence-electron chi connectivity index (χ2n) is 4.74. The lowest BCUT2D eigenvalue weighted by molar-refractivity contribution is -0.0584. The van der Waals surface area contributed by atoms with Crippen LogP contribution in [0.3, 0.4) is 0 Å². The van der Waals surface area contributed by atoms with Crippen LogP contribution in [0.25, 0.3) is 11.2 Å². The first-order chi connectivity index (χ1) is 10.2. The SMILES string of the molecule is CCOC1C(O)[C@H](n2cnc3c(N)ncnc32)O[C@@H]1CO. The minimum absolute atomic E-state index is 0.248. The Morgan fingerprint density at radius 2 is 2.24 bits per heavy atom. The van der Waals surface area contributed by atoms with E-state index < -0.39 is 24.5 Å². The highest BCUT2D eigenvalue weighted by Crippen LogP contribution is 2.33. The molecule has 9 heteroatoms. The Kier molecular flexibility index (Phi) is 3.72. The molecular weight excluding hydrogens is 278 g/mol. The minimum Gasteiger partial charge on any atom is -0.394 e. The summed E-state index contributed by atoms with van der Waals surface area (Å²) in [5.41, 5.74) is 6.63. The maximum absolute atomic E-state index is 10.4. The van der Waals surface area contributed by atoms with E-state index in [0.29, 0.717) is 17.8 Å². The van der Waals surface area contributed by atoms with Gasteiger partial charge in [0.15, 0.2) is 17.7 Å². The first-order valence-electron chi connectivity index (χ1n) is 6.66. The van der Waals surface area contributed by atoms with Crippen molar-refractivity contribution in [2.24, 2.45) is 0 Å². The average molecular weight is 295 g/mol. The molecule has 3 heterocycles. The molecule has 2 unspecified atom stereocenters. The Hall–Kier alpha value is -1.81. The van der Waals surface area contributed by atoms with Gasteiger partial charge in [-0.15, -0.1) is 0 Å². The number of imidazole rings is 1. The number of nitrogen functional groups attached to an aromatic ring is 1. The van der Waals surface area contributed by atoms with Gasteiger partial charge in [0.05, 0.1) is 12.9 Å². The van der Waals surface area contributed by atoms with E-state index >= 15 is 0 Å². The Bertz CT molecular complexity index is 633. The third-order valence-electron chi connectivity index (χ3n) is 3.51. The fourth-order valence-electron chi connectivity index (χ4n) is 2.55. The molecule has 0 spiro atoms. The van der Waals surface area contributed by atoms with Crippen molar-refractivity contribution in [3.8, 4) is 0 Å². The fourth-order valence-corrected chi connectivity index (χ4v) is 2.55.